The third kappa shape index (κ3) is 2.42. The molecule has 1 atom stereocenters. The maximum atomic E-state index is 12.7. The minimum atomic E-state index is -0.572. The molecule has 0 saturated carbocycles. The van der Waals surface area contributed by atoms with Gasteiger partial charge in [-0.2, -0.15) is 0 Å². The first-order valence-electron chi connectivity index (χ1n) is 6.53. The molecule has 0 aliphatic carbocycles. The predicted molar refractivity (Wildman–Crippen MR) is 82.8 cm³/mol. The molecule has 1 aromatic rings. The molecular weight excluding hydrogens is 404 g/mol. The molecule has 2 aliphatic heterocycles. The smallest absolute Gasteiger partial charge is 0.255 e. The first-order valence-corrected chi connectivity index (χ1v) is 8.45. The first-order chi connectivity index (χ1) is 10.0. The van der Waals surface area contributed by atoms with E-state index in [1.807, 2.05) is 12.1 Å². The molecule has 3 amide bonds. The Balaban J connectivity index is 1.95. The molecule has 0 spiro atoms. The maximum Gasteiger partial charge on any atom is 0.255 e. The fraction of sp³-hybridized carbons (Fsp3) is 0.357. The quantitative estimate of drug-likeness (QED) is 0.594. The van der Waals surface area contributed by atoms with Crippen LogP contribution in [0.5, 0.6) is 0 Å². The van der Waals surface area contributed by atoms with Gasteiger partial charge in [0.25, 0.3) is 5.91 Å². The van der Waals surface area contributed by atoms with E-state index in [1.54, 1.807) is 4.90 Å². The number of fused-ring (bicyclic) bond motifs is 1. The van der Waals surface area contributed by atoms with Gasteiger partial charge < -0.3 is 4.90 Å². The van der Waals surface area contributed by atoms with Crippen LogP contribution < -0.4 is 5.32 Å². The Labute approximate surface area is 138 Å². The number of rotatable bonds is 2. The van der Waals surface area contributed by atoms with Gasteiger partial charge >= 0.3 is 0 Å². The fourth-order valence-electron chi connectivity index (χ4n) is 2.82. The van der Waals surface area contributed by atoms with Crippen molar-refractivity contribution in [2.45, 2.75) is 30.8 Å². The van der Waals surface area contributed by atoms with E-state index in [0.29, 0.717) is 23.9 Å². The third-order valence-electron chi connectivity index (χ3n) is 3.88. The van der Waals surface area contributed by atoms with E-state index >= 15 is 0 Å². The highest BCUT2D eigenvalue weighted by Crippen LogP contribution is 2.35. The Morgan fingerprint density at radius 1 is 1.29 bits per heavy atom. The third-order valence-corrected chi connectivity index (χ3v) is 5.22. The number of nitrogens with zero attached hydrogens (tertiary/aromatic N) is 1. The van der Waals surface area contributed by atoms with Crippen molar-refractivity contribution >= 4 is 49.6 Å². The molecular formula is C14H12Br2N2O3. The van der Waals surface area contributed by atoms with E-state index in [4.69, 9.17) is 0 Å². The molecule has 110 valence electrons. The van der Waals surface area contributed by atoms with Crippen molar-refractivity contribution in [3.8, 4) is 0 Å². The normalized spacial score (nSPS) is 21.5. The molecule has 0 bridgehead atoms. The summed E-state index contributed by atoms with van der Waals surface area (Å²) >= 11 is 6.85. The van der Waals surface area contributed by atoms with Crippen LogP contribution in [0.4, 0.5) is 0 Å². The summed E-state index contributed by atoms with van der Waals surface area (Å²) in [5, 5.41) is 2.88. The Hall–Kier alpha value is -1.21. The Morgan fingerprint density at radius 2 is 2.05 bits per heavy atom. The second-order valence-electron chi connectivity index (χ2n) is 5.09. The number of hydrogen-bond acceptors (Lipinski definition) is 3. The number of benzene rings is 1. The Bertz CT molecular complexity index is 660. The Morgan fingerprint density at radius 3 is 2.71 bits per heavy atom. The highest BCUT2D eigenvalue weighted by atomic mass is 79.9. The summed E-state index contributed by atoms with van der Waals surface area (Å²) in [6, 6.07) is 3.23. The van der Waals surface area contributed by atoms with Crippen molar-refractivity contribution in [2.75, 3.05) is 0 Å². The zero-order valence-corrected chi connectivity index (χ0v) is 14.2. The van der Waals surface area contributed by atoms with Crippen molar-refractivity contribution in [3.63, 3.8) is 0 Å². The van der Waals surface area contributed by atoms with Crippen LogP contribution in [0.3, 0.4) is 0 Å². The van der Waals surface area contributed by atoms with Crippen molar-refractivity contribution in [1.82, 2.24) is 10.2 Å². The minimum Gasteiger partial charge on any atom is -0.322 e. The SMILES string of the molecule is O=C1CCC(N2Cc3c(Br)ccc(CBr)c3C2=O)C(=O)N1. The zero-order chi connectivity index (χ0) is 15.1. The van der Waals surface area contributed by atoms with Gasteiger partial charge in [0, 0.05) is 28.3 Å². The van der Waals surface area contributed by atoms with E-state index in [9.17, 15) is 14.4 Å². The van der Waals surface area contributed by atoms with Crippen LogP contribution in [-0.2, 0) is 21.5 Å². The molecule has 0 aromatic heterocycles. The fourth-order valence-corrected chi connectivity index (χ4v) is 3.74. The monoisotopic (exact) mass is 414 g/mol. The second-order valence-corrected chi connectivity index (χ2v) is 6.51. The summed E-state index contributed by atoms with van der Waals surface area (Å²) < 4.78 is 0.866. The molecule has 1 fully saturated rings. The lowest BCUT2D eigenvalue weighted by Crippen LogP contribution is -2.52. The van der Waals surface area contributed by atoms with Gasteiger partial charge in [-0.1, -0.05) is 37.9 Å². The summed E-state index contributed by atoms with van der Waals surface area (Å²) in [6.45, 7) is 0.391. The van der Waals surface area contributed by atoms with Crippen molar-refractivity contribution in [1.29, 1.82) is 0 Å². The first kappa shape index (κ1) is 14.7. The van der Waals surface area contributed by atoms with E-state index in [-0.39, 0.29) is 24.1 Å². The lowest BCUT2D eigenvalue weighted by atomic mass is 10.0. The molecule has 3 rings (SSSR count). The maximum absolute atomic E-state index is 12.7. The highest BCUT2D eigenvalue weighted by Gasteiger charge is 2.40. The molecule has 7 heteroatoms. The van der Waals surface area contributed by atoms with Gasteiger partial charge in [0.05, 0.1) is 0 Å². The van der Waals surface area contributed by atoms with E-state index in [1.165, 1.54) is 0 Å². The molecule has 2 heterocycles. The highest BCUT2D eigenvalue weighted by molar-refractivity contribution is 9.10. The lowest BCUT2D eigenvalue weighted by Gasteiger charge is -2.29. The van der Waals surface area contributed by atoms with Crippen LogP contribution in [0, 0.1) is 0 Å². The van der Waals surface area contributed by atoms with Crippen LogP contribution in [0.2, 0.25) is 0 Å². The summed E-state index contributed by atoms with van der Waals surface area (Å²) in [5.74, 6) is -0.804. The van der Waals surface area contributed by atoms with E-state index in [2.05, 4.69) is 37.2 Å². The van der Waals surface area contributed by atoms with Crippen molar-refractivity contribution < 1.29 is 14.4 Å². The standard InChI is InChI=1S/C14H12Br2N2O3/c15-5-7-1-2-9(16)8-6-18(14(21)12(7)8)10-3-4-11(19)17-13(10)20/h1-2,10H,3-6H2,(H,17,19,20). The molecule has 5 nitrogen and oxygen atoms in total. The summed E-state index contributed by atoms with van der Waals surface area (Å²) in [7, 11) is 0. The van der Waals surface area contributed by atoms with Crippen molar-refractivity contribution in [3.05, 3.63) is 33.3 Å². The number of nitrogens with one attached hydrogen (secondary N) is 1. The number of alkyl halides is 1. The number of imide groups is 1. The van der Waals surface area contributed by atoms with Gasteiger partial charge in [0.2, 0.25) is 11.8 Å². The van der Waals surface area contributed by atoms with E-state index in [0.717, 1.165) is 15.6 Å². The van der Waals surface area contributed by atoms with Crippen molar-refractivity contribution in [2.24, 2.45) is 0 Å². The van der Waals surface area contributed by atoms with Crippen LogP contribution in [0.1, 0.15) is 34.3 Å². The topological polar surface area (TPSA) is 66.5 Å². The molecule has 1 aromatic carbocycles. The van der Waals surface area contributed by atoms with Gasteiger partial charge in [0.15, 0.2) is 0 Å². The van der Waals surface area contributed by atoms with Gasteiger partial charge in [-0.3, -0.25) is 19.7 Å². The molecule has 21 heavy (non-hydrogen) atoms. The predicted octanol–water partition coefficient (Wildman–Crippen LogP) is 2.10. The molecule has 1 unspecified atom stereocenters. The number of carbonyl (C=O) groups excluding carboxylic acids is 3. The van der Waals surface area contributed by atoms with Gasteiger partial charge in [-0.25, -0.2) is 0 Å². The molecule has 1 saturated heterocycles. The van der Waals surface area contributed by atoms with Crippen LogP contribution >= 0.6 is 31.9 Å². The molecule has 2 aliphatic rings. The Kier molecular flexibility index (Phi) is 3.88. The summed E-state index contributed by atoms with van der Waals surface area (Å²) in [6.07, 6.45) is 0.647. The molecule has 1 N–H and O–H groups in total. The van der Waals surface area contributed by atoms with Gasteiger partial charge in [-0.15, -0.1) is 0 Å². The van der Waals surface area contributed by atoms with Gasteiger partial charge in [-0.05, 0) is 23.6 Å². The minimum absolute atomic E-state index is 0.143. The van der Waals surface area contributed by atoms with Crippen LogP contribution in [0.15, 0.2) is 16.6 Å². The largest absolute Gasteiger partial charge is 0.322 e. The van der Waals surface area contributed by atoms with E-state index < -0.39 is 6.04 Å². The summed E-state index contributed by atoms with van der Waals surface area (Å²) in [4.78, 5) is 37.5. The zero-order valence-electron chi connectivity index (χ0n) is 11.0. The van der Waals surface area contributed by atoms with Crippen LogP contribution in [-0.4, -0.2) is 28.7 Å². The van der Waals surface area contributed by atoms with Crippen LogP contribution in [0.25, 0.3) is 0 Å². The molecule has 0 radical (unpaired) electrons. The number of halogens is 2. The number of amides is 3. The average Bonchev–Trinajstić information content (AvgIpc) is 2.79. The average molecular weight is 416 g/mol. The number of piperidine rings is 1. The number of carbonyl (C=O) groups is 3. The second kappa shape index (κ2) is 5.53. The lowest BCUT2D eigenvalue weighted by molar-refractivity contribution is -0.136. The van der Waals surface area contributed by atoms with Gasteiger partial charge in [0.1, 0.15) is 6.04 Å². The summed E-state index contributed by atoms with van der Waals surface area (Å²) in [5.41, 5.74) is 2.47. The number of hydrogen-bond donors (Lipinski definition) is 1.